The molecule has 0 saturated heterocycles. The molecule has 146 valence electrons. The molecule has 0 aliphatic rings. The first-order valence-corrected chi connectivity index (χ1v) is 8.66. The summed E-state index contributed by atoms with van der Waals surface area (Å²) in [5.74, 6) is -0.189. The molecule has 0 aromatic heterocycles. The van der Waals surface area contributed by atoms with E-state index in [1.165, 1.54) is 19.2 Å². The van der Waals surface area contributed by atoms with Gasteiger partial charge in [-0.15, -0.1) is 0 Å². The summed E-state index contributed by atoms with van der Waals surface area (Å²) in [6, 6.07) is 17.3. The average molecular weight is 386 g/mol. The van der Waals surface area contributed by atoms with Crippen LogP contribution in [-0.2, 0) is 4.79 Å². The lowest BCUT2D eigenvalue weighted by atomic mass is 10.1. The minimum absolute atomic E-state index is 0.107. The van der Waals surface area contributed by atoms with Gasteiger partial charge in [0, 0.05) is 22.8 Å². The number of anilines is 2. The van der Waals surface area contributed by atoms with Gasteiger partial charge in [-0.2, -0.15) is 8.78 Å². The van der Waals surface area contributed by atoms with Crippen LogP contribution in [0, 0.1) is 0 Å². The minimum Gasteiger partial charge on any atom is -0.493 e. The lowest BCUT2D eigenvalue weighted by Gasteiger charge is -2.18. The number of nitrogens with one attached hydrogen (secondary N) is 2. The fourth-order valence-corrected chi connectivity index (χ4v) is 2.85. The number of alkyl halides is 2. The fraction of sp³-hybridized carbons (Fsp3) is 0.190. The van der Waals surface area contributed by atoms with Gasteiger partial charge in [-0.1, -0.05) is 36.4 Å². The number of halogens is 2. The molecule has 0 fully saturated rings. The van der Waals surface area contributed by atoms with Crippen LogP contribution in [0.5, 0.6) is 11.5 Å². The van der Waals surface area contributed by atoms with E-state index in [1.54, 1.807) is 13.0 Å². The highest BCUT2D eigenvalue weighted by Gasteiger charge is 2.16. The lowest BCUT2D eigenvalue weighted by molar-refractivity contribution is -0.116. The Labute approximate surface area is 161 Å². The number of hydrogen-bond acceptors (Lipinski definition) is 4. The Hall–Kier alpha value is -3.35. The Kier molecular flexibility index (Phi) is 5.93. The Bertz CT molecular complexity index is 974. The van der Waals surface area contributed by atoms with Crippen LogP contribution < -0.4 is 20.1 Å². The maximum absolute atomic E-state index is 12.6. The van der Waals surface area contributed by atoms with Gasteiger partial charge in [-0.05, 0) is 30.5 Å². The summed E-state index contributed by atoms with van der Waals surface area (Å²) in [6.07, 6.45) is 0. The zero-order valence-electron chi connectivity index (χ0n) is 15.4. The lowest BCUT2D eigenvalue weighted by Crippen LogP contribution is -2.31. The van der Waals surface area contributed by atoms with Crippen LogP contribution in [0.25, 0.3) is 10.8 Å². The zero-order chi connectivity index (χ0) is 20.1. The minimum atomic E-state index is -2.98. The Morgan fingerprint density at radius 1 is 1.00 bits per heavy atom. The number of carbonyl (C=O) groups excluding carboxylic acids is 1. The summed E-state index contributed by atoms with van der Waals surface area (Å²) in [6.45, 7) is -1.30. The highest BCUT2D eigenvalue weighted by molar-refractivity contribution is 6.04. The van der Waals surface area contributed by atoms with Crippen molar-refractivity contribution in [3.8, 4) is 11.5 Å². The van der Waals surface area contributed by atoms with E-state index < -0.39 is 12.7 Å². The molecule has 3 aromatic carbocycles. The number of fused-ring (bicyclic) bond motifs is 1. The SMILES string of the molecule is COc1ccc(NC(C)C(=O)Nc2cccc3ccccc23)cc1OC(F)F. The summed E-state index contributed by atoms with van der Waals surface area (Å²) in [5.41, 5.74) is 1.16. The molecular weight excluding hydrogens is 366 g/mol. The summed E-state index contributed by atoms with van der Waals surface area (Å²) in [7, 11) is 1.36. The van der Waals surface area contributed by atoms with Gasteiger partial charge < -0.3 is 20.1 Å². The number of carbonyl (C=O) groups is 1. The first kappa shape index (κ1) is 19.4. The van der Waals surface area contributed by atoms with Crippen molar-refractivity contribution in [3.63, 3.8) is 0 Å². The average Bonchev–Trinajstić information content (AvgIpc) is 2.68. The Morgan fingerprint density at radius 3 is 2.50 bits per heavy atom. The van der Waals surface area contributed by atoms with Gasteiger partial charge in [-0.25, -0.2) is 0 Å². The monoisotopic (exact) mass is 386 g/mol. The molecule has 2 N–H and O–H groups in total. The number of amides is 1. The number of benzene rings is 3. The molecule has 0 heterocycles. The maximum atomic E-state index is 12.6. The summed E-state index contributed by atoms with van der Waals surface area (Å²) in [4.78, 5) is 12.6. The van der Waals surface area contributed by atoms with E-state index in [-0.39, 0.29) is 17.4 Å². The van der Waals surface area contributed by atoms with Crippen molar-refractivity contribution >= 4 is 28.1 Å². The third kappa shape index (κ3) is 4.49. The molecule has 0 radical (unpaired) electrons. The second-order valence-electron chi connectivity index (χ2n) is 6.13. The molecule has 0 bridgehead atoms. The van der Waals surface area contributed by atoms with Gasteiger partial charge in [-0.3, -0.25) is 4.79 Å². The van der Waals surface area contributed by atoms with Crippen molar-refractivity contribution < 1.29 is 23.0 Å². The van der Waals surface area contributed by atoms with Gasteiger partial charge >= 0.3 is 6.61 Å². The quantitative estimate of drug-likeness (QED) is 0.607. The molecule has 0 aliphatic carbocycles. The Morgan fingerprint density at radius 2 is 1.75 bits per heavy atom. The normalized spacial score (nSPS) is 11.9. The predicted molar refractivity (Wildman–Crippen MR) is 105 cm³/mol. The van der Waals surface area contributed by atoms with Gasteiger partial charge in [0.2, 0.25) is 5.91 Å². The predicted octanol–water partition coefficient (Wildman–Crippen LogP) is 4.89. The molecule has 0 aliphatic heterocycles. The molecule has 3 rings (SSSR count). The molecule has 3 aromatic rings. The van der Waals surface area contributed by atoms with Crippen LogP contribution in [0.4, 0.5) is 20.2 Å². The molecule has 1 atom stereocenters. The summed E-state index contributed by atoms with van der Waals surface area (Å²) < 4.78 is 34.6. The molecule has 0 saturated carbocycles. The van der Waals surface area contributed by atoms with Crippen molar-refractivity contribution in [2.24, 2.45) is 0 Å². The van der Waals surface area contributed by atoms with Crippen molar-refractivity contribution in [2.45, 2.75) is 19.6 Å². The Balaban J connectivity index is 1.73. The third-order valence-corrected chi connectivity index (χ3v) is 4.20. The largest absolute Gasteiger partial charge is 0.493 e. The summed E-state index contributed by atoms with van der Waals surface area (Å²) in [5, 5.41) is 7.83. The number of rotatable bonds is 7. The van der Waals surface area contributed by atoms with Crippen LogP contribution in [0.3, 0.4) is 0 Å². The smallest absolute Gasteiger partial charge is 0.387 e. The summed E-state index contributed by atoms with van der Waals surface area (Å²) >= 11 is 0. The van der Waals surface area contributed by atoms with Crippen LogP contribution in [0.2, 0.25) is 0 Å². The second-order valence-corrected chi connectivity index (χ2v) is 6.13. The number of hydrogen-bond donors (Lipinski definition) is 2. The van der Waals surface area contributed by atoms with E-state index in [0.29, 0.717) is 11.4 Å². The fourth-order valence-electron chi connectivity index (χ4n) is 2.85. The van der Waals surface area contributed by atoms with Gasteiger partial charge in [0.25, 0.3) is 0 Å². The van der Waals surface area contributed by atoms with E-state index in [4.69, 9.17) is 4.74 Å². The van der Waals surface area contributed by atoms with Gasteiger partial charge in [0.1, 0.15) is 6.04 Å². The van der Waals surface area contributed by atoms with Crippen LogP contribution in [-0.4, -0.2) is 25.7 Å². The standard InChI is InChI=1S/C21H20F2N2O3/c1-13(24-15-10-11-18(27-2)19(12-15)28-21(22)23)20(26)25-17-9-5-7-14-6-3-4-8-16(14)17/h3-13,21,24H,1-2H3,(H,25,26). The first-order chi connectivity index (χ1) is 13.5. The van der Waals surface area contributed by atoms with Crippen LogP contribution >= 0.6 is 0 Å². The van der Waals surface area contributed by atoms with E-state index >= 15 is 0 Å². The molecule has 1 amide bonds. The first-order valence-electron chi connectivity index (χ1n) is 8.66. The van der Waals surface area contributed by atoms with Gasteiger partial charge in [0.05, 0.1) is 7.11 Å². The highest BCUT2D eigenvalue weighted by Crippen LogP contribution is 2.32. The zero-order valence-corrected chi connectivity index (χ0v) is 15.4. The molecule has 28 heavy (non-hydrogen) atoms. The van der Waals surface area contributed by atoms with Crippen LogP contribution in [0.1, 0.15) is 6.92 Å². The van der Waals surface area contributed by atoms with Crippen LogP contribution in [0.15, 0.2) is 60.7 Å². The maximum Gasteiger partial charge on any atom is 0.387 e. The van der Waals surface area contributed by atoms with Crippen molar-refractivity contribution in [3.05, 3.63) is 60.7 Å². The van der Waals surface area contributed by atoms with E-state index in [1.807, 2.05) is 42.5 Å². The highest BCUT2D eigenvalue weighted by atomic mass is 19.3. The van der Waals surface area contributed by atoms with E-state index in [2.05, 4.69) is 15.4 Å². The number of ether oxygens (including phenoxy) is 2. The third-order valence-electron chi connectivity index (χ3n) is 4.20. The molecule has 0 spiro atoms. The molecular formula is C21H20F2N2O3. The molecule has 5 nitrogen and oxygen atoms in total. The van der Waals surface area contributed by atoms with Crippen molar-refractivity contribution in [1.29, 1.82) is 0 Å². The van der Waals surface area contributed by atoms with E-state index in [9.17, 15) is 13.6 Å². The van der Waals surface area contributed by atoms with Gasteiger partial charge in [0.15, 0.2) is 11.5 Å². The molecule has 7 heteroatoms. The van der Waals surface area contributed by atoms with Crippen molar-refractivity contribution in [2.75, 3.05) is 17.7 Å². The number of methoxy groups -OCH3 is 1. The van der Waals surface area contributed by atoms with Crippen molar-refractivity contribution in [1.82, 2.24) is 0 Å². The topological polar surface area (TPSA) is 59.6 Å². The van der Waals surface area contributed by atoms with E-state index in [0.717, 1.165) is 10.8 Å². The second kappa shape index (κ2) is 8.56. The molecule has 1 unspecified atom stereocenters.